The number of amides is 1. The van der Waals surface area contributed by atoms with Crippen LogP contribution in [-0.4, -0.2) is 21.4 Å². The molecule has 0 saturated carbocycles. The molecule has 0 spiro atoms. The van der Waals surface area contributed by atoms with Crippen LogP contribution in [0.3, 0.4) is 0 Å². The van der Waals surface area contributed by atoms with E-state index in [2.05, 4.69) is 4.72 Å². The number of anilines is 1. The van der Waals surface area contributed by atoms with Crippen LogP contribution in [0.1, 0.15) is 23.6 Å². The molecule has 3 rings (SSSR count). The Balaban J connectivity index is 1.95. The Bertz CT molecular complexity index is 844. The van der Waals surface area contributed by atoms with Gasteiger partial charge in [0.2, 0.25) is 15.9 Å². The molecule has 1 unspecified atom stereocenters. The summed E-state index contributed by atoms with van der Waals surface area (Å²) in [4.78, 5) is 13.9. The third-order valence-electron chi connectivity index (χ3n) is 4.06. The molecule has 2 aromatic rings. The van der Waals surface area contributed by atoms with Gasteiger partial charge in [-0.15, -0.1) is 0 Å². The summed E-state index contributed by atoms with van der Waals surface area (Å²) in [6.45, 7) is 1.90. The molecule has 1 aliphatic heterocycles. The number of fused-ring (bicyclic) bond motifs is 1. The van der Waals surface area contributed by atoms with E-state index in [0.29, 0.717) is 0 Å². The van der Waals surface area contributed by atoms with Gasteiger partial charge >= 0.3 is 0 Å². The molecular formula is C17H18N2O3S. The predicted octanol–water partition coefficient (Wildman–Crippen LogP) is 2.38. The molecule has 23 heavy (non-hydrogen) atoms. The highest BCUT2D eigenvalue weighted by molar-refractivity contribution is 7.89. The minimum atomic E-state index is -3.68. The lowest BCUT2D eigenvalue weighted by molar-refractivity contribution is -0.119. The van der Waals surface area contributed by atoms with Crippen molar-refractivity contribution in [1.82, 2.24) is 4.72 Å². The number of para-hydroxylation sites is 1. The average Bonchev–Trinajstić information content (AvgIpc) is 2.52. The predicted molar refractivity (Wildman–Crippen MR) is 88.7 cm³/mol. The number of rotatable bonds is 3. The quantitative estimate of drug-likeness (QED) is 0.939. The molecule has 1 heterocycles. The highest BCUT2D eigenvalue weighted by Crippen LogP contribution is 2.34. The highest BCUT2D eigenvalue weighted by atomic mass is 32.2. The van der Waals surface area contributed by atoms with E-state index in [4.69, 9.17) is 0 Å². The van der Waals surface area contributed by atoms with Crippen LogP contribution in [0.5, 0.6) is 0 Å². The number of carbonyl (C=O) groups is 1. The molecule has 6 heteroatoms. The van der Waals surface area contributed by atoms with Gasteiger partial charge < -0.3 is 4.90 Å². The van der Waals surface area contributed by atoms with Gasteiger partial charge in [-0.25, -0.2) is 13.1 Å². The molecule has 1 N–H and O–H groups in total. The van der Waals surface area contributed by atoms with Gasteiger partial charge in [-0.05, 0) is 30.7 Å². The number of aryl methyl sites for hydroxylation is 1. The molecule has 0 aromatic heterocycles. The second-order valence-corrected chi connectivity index (χ2v) is 7.42. The minimum absolute atomic E-state index is 0.110. The monoisotopic (exact) mass is 330 g/mol. The minimum Gasteiger partial charge on any atom is -0.315 e. The molecular weight excluding hydrogens is 312 g/mol. The number of hydrogen-bond acceptors (Lipinski definition) is 3. The number of benzene rings is 2. The number of carbonyl (C=O) groups excluding carboxylic acids is 1. The molecule has 0 saturated heterocycles. The molecule has 0 aliphatic carbocycles. The Morgan fingerprint density at radius 2 is 1.74 bits per heavy atom. The van der Waals surface area contributed by atoms with E-state index >= 15 is 0 Å². The van der Waals surface area contributed by atoms with Crippen molar-refractivity contribution in [3.63, 3.8) is 0 Å². The maximum atomic E-state index is 12.6. The van der Waals surface area contributed by atoms with E-state index in [1.807, 2.05) is 31.2 Å². The van der Waals surface area contributed by atoms with Gasteiger partial charge in [0.25, 0.3) is 0 Å². The summed E-state index contributed by atoms with van der Waals surface area (Å²) in [5.41, 5.74) is 2.54. The summed E-state index contributed by atoms with van der Waals surface area (Å²) in [5.74, 6) is -0.111. The van der Waals surface area contributed by atoms with Crippen LogP contribution in [0.25, 0.3) is 0 Å². The topological polar surface area (TPSA) is 66.5 Å². The van der Waals surface area contributed by atoms with Gasteiger partial charge in [0, 0.05) is 19.2 Å². The molecule has 0 radical (unpaired) electrons. The first kappa shape index (κ1) is 15.7. The second-order valence-electron chi connectivity index (χ2n) is 5.70. The summed E-state index contributed by atoms with van der Waals surface area (Å²) in [5, 5.41) is 0. The van der Waals surface area contributed by atoms with Crippen molar-refractivity contribution in [2.24, 2.45) is 0 Å². The first-order valence-electron chi connectivity index (χ1n) is 7.33. The summed E-state index contributed by atoms with van der Waals surface area (Å²) in [7, 11) is -1.98. The first-order chi connectivity index (χ1) is 10.9. The van der Waals surface area contributed by atoms with Gasteiger partial charge in [0.15, 0.2) is 0 Å². The zero-order valence-corrected chi connectivity index (χ0v) is 13.8. The Morgan fingerprint density at radius 3 is 2.43 bits per heavy atom. The van der Waals surface area contributed by atoms with Crippen LogP contribution < -0.4 is 9.62 Å². The summed E-state index contributed by atoms with van der Waals surface area (Å²) in [6, 6.07) is 13.4. The zero-order chi connectivity index (χ0) is 16.6. The molecule has 1 amide bonds. The van der Waals surface area contributed by atoms with Crippen LogP contribution >= 0.6 is 0 Å². The van der Waals surface area contributed by atoms with Crippen molar-refractivity contribution in [2.75, 3.05) is 11.9 Å². The highest BCUT2D eigenvalue weighted by Gasteiger charge is 2.32. The largest absolute Gasteiger partial charge is 0.315 e. The Hall–Kier alpha value is -2.18. The van der Waals surface area contributed by atoms with Gasteiger partial charge in [-0.1, -0.05) is 35.9 Å². The van der Waals surface area contributed by atoms with E-state index in [1.165, 1.54) is 0 Å². The molecule has 0 bridgehead atoms. The maximum Gasteiger partial charge on any atom is 0.241 e. The molecule has 0 fully saturated rings. The smallest absolute Gasteiger partial charge is 0.241 e. The molecule has 1 atom stereocenters. The standard InChI is InChI=1S/C17H18N2O3S/c1-12-7-9-13(10-8-12)23(21,22)18-15-11-17(20)19(2)16-6-4-3-5-14(15)16/h3-10,15,18H,11H2,1-2H3. The van der Waals surface area contributed by atoms with E-state index in [1.54, 1.807) is 36.2 Å². The van der Waals surface area contributed by atoms with Gasteiger partial charge in [0.1, 0.15) is 0 Å². The molecule has 1 aliphatic rings. The van der Waals surface area contributed by atoms with Gasteiger partial charge in [-0.2, -0.15) is 0 Å². The number of nitrogens with zero attached hydrogens (tertiary/aromatic N) is 1. The van der Waals surface area contributed by atoms with Gasteiger partial charge in [0.05, 0.1) is 10.9 Å². The van der Waals surface area contributed by atoms with Crippen molar-refractivity contribution >= 4 is 21.6 Å². The van der Waals surface area contributed by atoms with Gasteiger partial charge in [-0.3, -0.25) is 4.79 Å². The Morgan fingerprint density at radius 1 is 1.09 bits per heavy atom. The second kappa shape index (κ2) is 5.79. The lowest BCUT2D eigenvalue weighted by atomic mass is 9.97. The number of nitrogens with one attached hydrogen (secondary N) is 1. The van der Waals surface area contributed by atoms with Crippen molar-refractivity contribution in [3.8, 4) is 0 Å². The van der Waals surface area contributed by atoms with Crippen LogP contribution in [0.4, 0.5) is 5.69 Å². The molecule has 2 aromatic carbocycles. The summed E-state index contributed by atoms with van der Waals surface area (Å²) in [6.07, 6.45) is 0.110. The fraction of sp³-hybridized carbons (Fsp3) is 0.235. The lowest BCUT2D eigenvalue weighted by Gasteiger charge is -2.31. The fourth-order valence-electron chi connectivity index (χ4n) is 2.72. The lowest BCUT2D eigenvalue weighted by Crippen LogP contribution is -2.39. The van der Waals surface area contributed by atoms with E-state index in [-0.39, 0.29) is 17.2 Å². The van der Waals surface area contributed by atoms with Crippen molar-refractivity contribution in [2.45, 2.75) is 24.3 Å². The Kier molecular flexibility index (Phi) is 3.95. The number of hydrogen-bond donors (Lipinski definition) is 1. The van der Waals surface area contributed by atoms with Crippen molar-refractivity contribution in [1.29, 1.82) is 0 Å². The SMILES string of the molecule is Cc1ccc(S(=O)(=O)NC2CC(=O)N(C)c3ccccc32)cc1. The maximum absolute atomic E-state index is 12.6. The molecule has 5 nitrogen and oxygen atoms in total. The van der Waals surface area contributed by atoms with Crippen LogP contribution in [0.2, 0.25) is 0 Å². The fourth-order valence-corrected chi connectivity index (χ4v) is 3.94. The van der Waals surface area contributed by atoms with E-state index in [9.17, 15) is 13.2 Å². The van der Waals surface area contributed by atoms with E-state index < -0.39 is 16.1 Å². The Labute approximate surface area is 136 Å². The third kappa shape index (κ3) is 3.00. The molecule has 120 valence electrons. The van der Waals surface area contributed by atoms with Crippen molar-refractivity contribution < 1.29 is 13.2 Å². The van der Waals surface area contributed by atoms with Crippen LogP contribution in [0.15, 0.2) is 53.4 Å². The summed E-state index contributed by atoms with van der Waals surface area (Å²) >= 11 is 0. The number of sulfonamides is 1. The van der Waals surface area contributed by atoms with Crippen LogP contribution in [0, 0.1) is 6.92 Å². The van der Waals surface area contributed by atoms with Crippen molar-refractivity contribution in [3.05, 3.63) is 59.7 Å². The van der Waals surface area contributed by atoms with Crippen LogP contribution in [-0.2, 0) is 14.8 Å². The summed E-state index contributed by atoms with van der Waals surface area (Å²) < 4.78 is 27.8. The first-order valence-corrected chi connectivity index (χ1v) is 8.81. The third-order valence-corrected chi connectivity index (χ3v) is 5.54. The normalized spacial score (nSPS) is 17.9. The zero-order valence-electron chi connectivity index (χ0n) is 13.0. The average molecular weight is 330 g/mol. The van der Waals surface area contributed by atoms with E-state index in [0.717, 1.165) is 16.8 Å².